The van der Waals surface area contributed by atoms with Crippen LogP contribution in [0.5, 0.6) is 5.75 Å². The summed E-state index contributed by atoms with van der Waals surface area (Å²) in [6, 6.07) is 5.75. The molecule has 1 aromatic rings. The second-order valence-electron chi connectivity index (χ2n) is 5.32. The zero-order valence-electron chi connectivity index (χ0n) is 12.2. The van der Waals surface area contributed by atoms with E-state index in [0.717, 1.165) is 0 Å². The highest BCUT2D eigenvalue weighted by molar-refractivity contribution is 5.98. The van der Waals surface area contributed by atoms with Crippen LogP contribution in [0.25, 0.3) is 0 Å². The quantitative estimate of drug-likeness (QED) is 0.619. The van der Waals surface area contributed by atoms with E-state index in [-0.39, 0.29) is 5.78 Å². The van der Waals surface area contributed by atoms with Gasteiger partial charge in [0.05, 0.1) is 18.8 Å². The number of hydrogen-bond donors (Lipinski definition) is 2. The van der Waals surface area contributed by atoms with Crippen molar-refractivity contribution in [2.24, 2.45) is 0 Å². The summed E-state index contributed by atoms with van der Waals surface area (Å²) in [5, 5.41) is 3.36. The van der Waals surface area contributed by atoms with Gasteiger partial charge in [0.1, 0.15) is 5.75 Å². The highest BCUT2D eigenvalue weighted by atomic mass is 16.5. The molecule has 1 aromatic carbocycles. The summed E-state index contributed by atoms with van der Waals surface area (Å²) < 4.78 is 5.37. The van der Waals surface area contributed by atoms with Crippen LogP contribution in [0.4, 0.5) is 5.69 Å². The van der Waals surface area contributed by atoms with Crippen LogP contribution in [0.1, 0.15) is 49.4 Å². The normalized spacial score (nSPS) is 16.1. The smallest absolute Gasteiger partial charge is 0.176 e. The Bertz CT molecular complexity index is 454. The van der Waals surface area contributed by atoms with Crippen LogP contribution in [0.15, 0.2) is 18.2 Å². The van der Waals surface area contributed by atoms with Gasteiger partial charge in [-0.1, -0.05) is 19.3 Å². The van der Waals surface area contributed by atoms with E-state index < -0.39 is 0 Å². The topological polar surface area (TPSA) is 64.3 Å². The summed E-state index contributed by atoms with van der Waals surface area (Å²) in [6.45, 7) is 2.87. The van der Waals surface area contributed by atoms with Crippen LogP contribution in [0.2, 0.25) is 0 Å². The number of nitrogens with two attached hydrogens (primary N) is 1. The van der Waals surface area contributed by atoms with E-state index in [1.54, 1.807) is 18.2 Å². The Hall–Kier alpha value is -1.55. The molecule has 2 rings (SSSR count). The third-order valence-corrected chi connectivity index (χ3v) is 3.79. The second kappa shape index (κ2) is 7.29. The molecule has 110 valence electrons. The predicted molar refractivity (Wildman–Crippen MR) is 81.2 cm³/mol. The molecule has 0 bridgehead atoms. The van der Waals surface area contributed by atoms with Crippen molar-refractivity contribution >= 4 is 11.5 Å². The summed E-state index contributed by atoms with van der Waals surface area (Å²) in [5.41, 5.74) is 7.06. The predicted octanol–water partition coefficient (Wildman–Crippen LogP) is 2.77. The van der Waals surface area contributed by atoms with Gasteiger partial charge in [-0.2, -0.15) is 0 Å². The SMILES string of the molecule is CCOc1ccc(C(=O)CNC2CCCCC2)cc1N. The van der Waals surface area contributed by atoms with E-state index in [2.05, 4.69) is 5.32 Å². The first-order chi connectivity index (χ1) is 9.70. The van der Waals surface area contributed by atoms with Crippen molar-refractivity contribution in [3.8, 4) is 5.75 Å². The monoisotopic (exact) mass is 276 g/mol. The zero-order valence-corrected chi connectivity index (χ0v) is 12.2. The molecule has 0 unspecified atom stereocenters. The summed E-state index contributed by atoms with van der Waals surface area (Å²) in [5.74, 6) is 0.731. The van der Waals surface area contributed by atoms with E-state index in [4.69, 9.17) is 10.5 Å². The summed E-state index contributed by atoms with van der Waals surface area (Å²) in [6.07, 6.45) is 6.21. The molecular weight excluding hydrogens is 252 g/mol. The molecule has 4 heteroatoms. The lowest BCUT2D eigenvalue weighted by atomic mass is 9.95. The van der Waals surface area contributed by atoms with E-state index in [0.29, 0.717) is 36.2 Å². The van der Waals surface area contributed by atoms with Crippen LogP contribution in [0, 0.1) is 0 Å². The van der Waals surface area contributed by atoms with Crippen LogP contribution >= 0.6 is 0 Å². The zero-order chi connectivity index (χ0) is 14.4. The van der Waals surface area contributed by atoms with Gasteiger partial charge >= 0.3 is 0 Å². The molecule has 0 aromatic heterocycles. The third kappa shape index (κ3) is 3.97. The van der Waals surface area contributed by atoms with Crippen molar-refractivity contribution in [3.63, 3.8) is 0 Å². The molecule has 0 radical (unpaired) electrons. The Kier molecular flexibility index (Phi) is 5.41. The molecule has 4 nitrogen and oxygen atoms in total. The van der Waals surface area contributed by atoms with Crippen molar-refractivity contribution < 1.29 is 9.53 Å². The summed E-state index contributed by atoms with van der Waals surface area (Å²) in [7, 11) is 0. The fourth-order valence-corrected chi connectivity index (χ4v) is 2.65. The van der Waals surface area contributed by atoms with Gasteiger partial charge in [-0.3, -0.25) is 4.79 Å². The number of anilines is 1. The van der Waals surface area contributed by atoms with Gasteiger partial charge in [0.25, 0.3) is 0 Å². The van der Waals surface area contributed by atoms with Gasteiger partial charge in [0.15, 0.2) is 5.78 Å². The maximum atomic E-state index is 12.1. The van der Waals surface area contributed by atoms with E-state index in [1.807, 2.05) is 6.92 Å². The average Bonchev–Trinajstić information content (AvgIpc) is 2.48. The second-order valence-corrected chi connectivity index (χ2v) is 5.32. The van der Waals surface area contributed by atoms with Gasteiger partial charge < -0.3 is 15.8 Å². The Morgan fingerprint density at radius 3 is 2.75 bits per heavy atom. The number of ether oxygens (including phenoxy) is 1. The molecule has 3 N–H and O–H groups in total. The highest BCUT2D eigenvalue weighted by Crippen LogP contribution is 2.23. The molecule has 1 saturated carbocycles. The Morgan fingerprint density at radius 2 is 2.10 bits per heavy atom. The van der Waals surface area contributed by atoms with Crippen LogP contribution in [-0.4, -0.2) is 25.0 Å². The highest BCUT2D eigenvalue weighted by Gasteiger charge is 2.15. The molecule has 0 amide bonds. The fourth-order valence-electron chi connectivity index (χ4n) is 2.65. The molecule has 20 heavy (non-hydrogen) atoms. The summed E-state index contributed by atoms with van der Waals surface area (Å²) >= 11 is 0. The number of ketones is 1. The molecule has 0 heterocycles. The number of carbonyl (C=O) groups excluding carboxylic acids is 1. The van der Waals surface area contributed by atoms with Gasteiger partial charge in [-0.05, 0) is 38.0 Å². The van der Waals surface area contributed by atoms with Gasteiger partial charge in [-0.25, -0.2) is 0 Å². The van der Waals surface area contributed by atoms with Crippen LogP contribution < -0.4 is 15.8 Å². The van der Waals surface area contributed by atoms with Gasteiger partial charge in [0.2, 0.25) is 0 Å². The maximum Gasteiger partial charge on any atom is 0.176 e. The Labute approximate surface area is 120 Å². The number of Topliss-reactive ketones (excluding diaryl/α,β-unsaturated/α-hetero) is 1. The standard InChI is InChI=1S/C16H24N2O2/c1-2-20-16-9-8-12(10-14(16)17)15(19)11-18-13-6-4-3-5-7-13/h8-10,13,18H,2-7,11,17H2,1H3. The molecule has 1 aliphatic carbocycles. The van der Waals surface area contributed by atoms with Gasteiger partial charge in [0, 0.05) is 11.6 Å². The number of hydrogen-bond acceptors (Lipinski definition) is 4. The first-order valence-electron chi connectivity index (χ1n) is 7.49. The number of carbonyl (C=O) groups is 1. The number of rotatable bonds is 6. The van der Waals surface area contributed by atoms with Crippen molar-refractivity contribution in [2.75, 3.05) is 18.9 Å². The fraction of sp³-hybridized carbons (Fsp3) is 0.562. The number of nitrogen functional groups attached to an aromatic ring is 1. The van der Waals surface area contributed by atoms with E-state index >= 15 is 0 Å². The number of nitrogens with one attached hydrogen (secondary N) is 1. The van der Waals surface area contributed by atoms with Crippen molar-refractivity contribution in [3.05, 3.63) is 23.8 Å². The van der Waals surface area contributed by atoms with Gasteiger partial charge in [-0.15, -0.1) is 0 Å². The largest absolute Gasteiger partial charge is 0.492 e. The van der Waals surface area contributed by atoms with Crippen molar-refractivity contribution in [2.45, 2.75) is 45.1 Å². The molecule has 0 spiro atoms. The van der Waals surface area contributed by atoms with E-state index in [9.17, 15) is 4.79 Å². The molecule has 0 saturated heterocycles. The average molecular weight is 276 g/mol. The minimum Gasteiger partial charge on any atom is -0.492 e. The van der Waals surface area contributed by atoms with Crippen molar-refractivity contribution in [1.29, 1.82) is 0 Å². The molecular formula is C16H24N2O2. The first kappa shape index (κ1) is 14.9. The number of benzene rings is 1. The lowest BCUT2D eigenvalue weighted by Gasteiger charge is -2.22. The molecule has 1 fully saturated rings. The van der Waals surface area contributed by atoms with Crippen LogP contribution in [0.3, 0.4) is 0 Å². The molecule has 0 aliphatic heterocycles. The molecule has 0 atom stereocenters. The third-order valence-electron chi connectivity index (χ3n) is 3.79. The van der Waals surface area contributed by atoms with Crippen LogP contribution in [-0.2, 0) is 0 Å². The Morgan fingerprint density at radius 1 is 1.35 bits per heavy atom. The lowest BCUT2D eigenvalue weighted by Crippen LogP contribution is -2.35. The Balaban J connectivity index is 1.89. The molecule has 1 aliphatic rings. The first-order valence-corrected chi connectivity index (χ1v) is 7.49. The van der Waals surface area contributed by atoms with Crippen molar-refractivity contribution in [1.82, 2.24) is 5.32 Å². The maximum absolute atomic E-state index is 12.1. The van der Waals surface area contributed by atoms with E-state index in [1.165, 1.54) is 32.1 Å². The summed E-state index contributed by atoms with van der Waals surface area (Å²) in [4.78, 5) is 12.1. The minimum atomic E-state index is 0.0883. The minimum absolute atomic E-state index is 0.0883. The lowest BCUT2D eigenvalue weighted by molar-refractivity contribution is 0.0985.